The fraction of sp³-hybridized carbons (Fsp3) is 0.312. The monoisotopic (exact) mass is 269 g/mol. The molecule has 0 radical (unpaired) electrons. The lowest BCUT2D eigenvalue weighted by Crippen LogP contribution is -2.18. The van der Waals surface area contributed by atoms with Gasteiger partial charge in [-0.3, -0.25) is 0 Å². The van der Waals surface area contributed by atoms with Gasteiger partial charge in [-0.05, 0) is 42.7 Å². The number of nitrogens with zero attached hydrogens (tertiary/aromatic N) is 2. The van der Waals surface area contributed by atoms with Crippen molar-refractivity contribution in [3.8, 4) is 5.75 Å². The minimum atomic E-state index is 0.297. The van der Waals surface area contributed by atoms with Crippen LogP contribution in [-0.2, 0) is 6.54 Å². The summed E-state index contributed by atoms with van der Waals surface area (Å²) >= 11 is 0. The van der Waals surface area contributed by atoms with Crippen LogP contribution in [0.1, 0.15) is 18.4 Å². The average Bonchev–Trinajstić information content (AvgIpc) is 3.01. The number of pyridine rings is 1. The van der Waals surface area contributed by atoms with Gasteiger partial charge in [0, 0.05) is 19.6 Å². The molecule has 1 aliphatic heterocycles. The maximum absolute atomic E-state index is 9.24. The molecule has 3 rings (SSSR count). The Morgan fingerprint density at radius 1 is 1.05 bits per heavy atom. The van der Waals surface area contributed by atoms with Crippen molar-refractivity contribution in [2.24, 2.45) is 0 Å². The molecule has 1 saturated heterocycles. The molecule has 0 amide bonds. The molecule has 0 aliphatic carbocycles. The minimum absolute atomic E-state index is 0.297. The first kappa shape index (κ1) is 12.8. The second-order valence-corrected chi connectivity index (χ2v) is 5.12. The highest BCUT2D eigenvalue weighted by Crippen LogP contribution is 2.19. The smallest absolute Gasteiger partial charge is 0.128 e. The summed E-state index contributed by atoms with van der Waals surface area (Å²) in [5, 5.41) is 12.6. The van der Waals surface area contributed by atoms with Gasteiger partial charge in [0.1, 0.15) is 11.6 Å². The van der Waals surface area contributed by atoms with E-state index in [2.05, 4.69) is 27.3 Å². The van der Waals surface area contributed by atoms with Gasteiger partial charge in [0.05, 0.1) is 11.9 Å². The summed E-state index contributed by atoms with van der Waals surface area (Å²) in [5.74, 6) is 1.36. The number of rotatable bonds is 4. The van der Waals surface area contributed by atoms with Gasteiger partial charge in [-0.2, -0.15) is 0 Å². The summed E-state index contributed by atoms with van der Waals surface area (Å²) in [7, 11) is 0. The van der Waals surface area contributed by atoms with Crippen molar-refractivity contribution in [3.63, 3.8) is 0 Å². The van der Waals surface area contributed by atoms with E-state index < -0.39 is 0 Å². The van der Waals surface area contributed by atoms with Crippen molar-refractivity contribution in [2.45, 2.75) is 19.4 Å². The Bertz CT molecular complexity index is 545. The number of hydrogen-bond acceptors (Lipinski definition) is 4. The molecule has 4 heteroatoms. The predicted octanol–water partition coefficient (Wildman–Crippen LogP) is 3.00. The minimum Gasteiger partial charge on any atom is -0.508 e. The van der Waals surface area contributed by atoms with Gasteiger partial charge in [-0.25, -0.2) is 4.98 Å². The van der Waals surface area contributed by atoms with Crippen LogP contribution in [0.2, 0.25) is 0 Å². The van der Waals surface area contributed by atoms with Crippen molar-refractivity contribution in [3.05, 3.63) is 48.2 Å². The first-order valence-electron chi connectivity index (χ1n) is 7.04. The van der Waals surface area contributed by atoms with Crippen molar-refractivity contribution in [2.75, 3.05) is 23.3 Å². The Morgan fingerprint density at radius 2 is 1.80 bits per heavy atom. The first-order valence-corrected chi connectivity index (χ1v) is 7.04. The van der Waals surface area contributed by atoms with Gasteiger partial charge in [-0.1, -0.05) is 12.1 Å². The third kappa shape index (κ3) is 3.02. The molecule has 1 aromatic heterocycles. The van der Waals surface area contributed by atoms with E-state index in [1.807, 2.05) is 18.3 Å². The molecule has 0 unspecified atom stereocenters. The van der Waals surface area contributed by atoms with E-state index in [4.69, 9.17) is 0 Å². The highest BCUT2D eigenvalue weighted by molar-refractivity contribution is 5.49. The zero-order valence-electron chi connectivity index (χ0n) is 11.4. The molecule has 20 heavy (non-hydrogen) atoms. The number of anilines is 2. The van der Waals surface area contributed by atoms with Crippen molar-refractivity contribution >= 4 is 11.5 Å². The molecule has 0 bridgehead atoms. The van der Waals surface area contributed by atoms with Crippen LogP contribution in [0.15, 0.2) is 42.6 Å². The van der Waals surface area contributed by atoms with Gasteiger partial charge >= 0.3 is 0 Å². The molecule has 1 aliphatic rings. The molecule has 2 heterocycles. The Morgan fingerprint density at radius 3 is 2.45 bits per heavy atom. The first-order chi connectivity index (χ1) is 9.81. The van der Waals surface area contributed by atoms with Crippen LogP contribution in [0.5, 0.6) is 5.75 Å². The highest BCUT2D eigenvalue weighted by atomic mass is 16.3. The van der Waals surface area contributed by atoms with E-state index in [0.29, 0.717) is 5.75 Å². The predicted molar refractivity (Wildman–Crippen MR) is 81.1 cm³/mol. The van der Waals surface area contributed by atoms with Crippen LogP contribution in [0, 0.1) is 0 Å². The number of phenols is 1. The molecule has 0 saturated carbocycles. The summed E-state index contributed by atoms with van der Waals surface area (Å²) < 4.78 is 0. The lowest BCUT2D eigenvalue weighted by molar-refractivity contribution is 0.475. The fourth-order valence-electron chi connectivity index (χ4n) is 2.44. The van der Waals surface area contributed by atoms with Gasteiger partial charge in [0.2, 0.25) is 0 Å². The van der Waals surface area contributed by atoms with Crippen LogP contribution in [0.25, 0.3) is 0 Å². The van der Waals surface area contributed by atoms with E-state index in [9.17, 15) is 5.11 Å². The second kappa shape index (κ2) is 5.82. The third-order valence-electron chi connectivity index (χ3n) is 3.61. The summed E-state index contributed by atoms with van der Waals surface area (Å²) in [4.78, 5) is 6.83. The molecule has 1 fully saturated rings. The Hall–Kier alpha value is -2.23. The Kier molecular flexibility index (Phi) is 3.72. The van der Waals surface area contributed by atoms with Gasteiger partial charge in [0.15, 0.2) is 0 Å². The molecule has 4 nitrogen and oxygen atoms in total. The van der Waals surface area contributed by atoms with Crippen molar-refractivity contribution in [1.29, 1.82) is 0 Å². The standard InChI is InChI=1S/C16H19N3O/c20-15-6-3-13(4-7-15)11-17-14-5-8-16(18-12-14)19-9-1-2-10-19/h3-8,12,17,20H,1-2,9-11H2. The quantitative estimate of drug-likeness (QED) is 0.896. The van der Waals surface area contributed by atoms with E-state index in [0.717, 1.165) is 36.7 Å². The van der Waals surface area contributed by atoms with E-state index >= 15 is 0 Å². The fourth-order valence-corrected chi connectivity index (χ4v) is 2.44. The van der Waals surface area contributed by atoms with E-state index in [1.54, 1.807) is 12.1 Å². The summed E-state index contributed by atoms with van der Waals surface area (Å²) in [6, 6.07) is 11.4. The molecule has 0 atom stereocenters. The largest absolute Gasteiger partial charge is 0.508 e. The second-order valence-electron chi connectivity index (χ2n) is 5.12. The van der Waals surface area contributed by atoms with E-state index in [1.165, 1.54) is 12.8 Å². The normalized spacial score (nSPS) is 14.5. The van der Waals surface area contributed by atoms with Crippen LogP contribution in [0.4, 0.5) is 11.5 Å². The summed E-state index contributed by atoms with van der Waals surface area (Å²) in [6.07, 6.45) is 4.42. The van der Waals surface area contributed by atoms with Crippen LogP contribution in [0.3, 0.4) is 0 Å². The van der Waals surface area contributed by atoms with Crippen LogP contribution < -0.4 is 10.2 Å². The Balaban J connectivity index is 1.59. The zero-order chi connectivity index (χ0) is 13.8. The lowest BCUT2D eigenvalue weighted by Gasteiger charge is -2.16. The summed E-state index contributed by atoms with van der Waals surface area (Å²) in [6.45, 7) is 2.96. The maximum atomic E-state index is 9.24. The zero-order valence-corrected chi connectivity index (χ0v) is 11.4. The molecular weight excluding hydrogens is 250 g/mol. The van der Waals surface area contributed by atoms with E-state index in [-0.39, 0.29) is 0 Å². The van der Waals surface area contributed by atoms with Crippen molar-refractivity contribution in [1.82, 2.24) is 4.98 Å². The summed E-state index contributed by atoms with van der Waals surface area (Å²) in [5.41, 5.74) is 2.15. The lowest BCUT2D eigenvalue weighted by atomic mass is 10.2. The van der Waals surface area contributed by atoms with Gasteiger partial charge in [0.25, 0.3) is 0 Å². The van der Waals surface area contributed by atoms with Crippen LogP contribution >= 0.6 is 0 Å². The number of aromatic hydroxyl groups is 1. The van der Waals surface area contributed by atoms with Crippen LogP contribution in [-0.4, -0.2) is 23.2 Å². The third-order valence-corrected chi connectivity index (χ3v) is 3.61. The molecule has 1 aromatic carbocycles. The molecule has 104 valence electrons. The van der Waals surface area contributed by atoms with Gasteiger partial charge in [-0.15, -0.1) is 0 Å². The maximum Gasteiger partial charge on any atom is 0.128 e. The number of hydrogen-bond donors (Lipinski definition) is 2. The topological polar surface area (TPSA) is 48.4 Å². The number of benzene rings is 1. The van der Waals surface area contributed by atoms with Gasteiger partial charge < -0.3 is 15.3 Å². The average molecular weight is 269 g/mol. The number of nitrogens with one attached hydrogen (secondary N) is 1. The number of aromatic nitrogens is 1. The van der Waals surface area contributed by atoms with Crippen molar-refractivity contribution < 1.29 is 5.11 Å². The molecule has 2 N–H and O–H groups in total. The SMILES string of the molecule is Oc1ccc(CNc2ccc(N3CCCC3)nc2)cc1. The molecule has 2 aromatic rings. The highest BCUT2D eigenvalue weighted by Gasteiger charge is 2.12. The molecular formula is C16H19N3O. The molecule has 0 spiro atoms. The number of phenolic OH excluding ortho intramolecular Hbond substituents is 1. The Labute approximate surface area is 119 Å².